The number of likely N-dealkylation sites (tertiary alicyclic amines) is 1. The van der Waals surface area contributed by atoms with E-state index in [1.54, 1.807) is 0 Å². The van der Waals surface area contributed by atoms with E-state index in [0.29, 0.717) is 17.2 Å². The minimum absolute atomic E-state index is 0.234. The maximum absolute atomic E-state index is 11.1. The molecule has 3 heteroatoms. The molecule has 2 N–H and O–H groups in total. The summed E-state index contributed by atoms with van der Waals surface area (Å²) in [4.78, 5) is 2.62. The van der Waals surface area contributed by atoms with E-state index in [1.807, 2.05) is 0 Å². The minimum atomic E-state index is 0.234. The smallest absolute Gasteiger partial charge is 0.139 e. The molecular weight excluding hydrogens is 380 g/mol. The van der Waals surface area contributed by atoms with Gasteiger partial charge in [0.2, 0.25) is 0 Å². The molecule has 0 radical (unpaired) electrons. The Morgan fingerprint density at radius 3 is 2.61 bits per heavy atom. The zero-order valence-electron chi connectivity index (χ0n) is 19.1. The summed E-state index contributed by atoms with van der Waals surface area (Å²) in [6, 6.07) is 11.8. The van der Waals surface area contributed by atoms with Gasteiger partial charge in [0, 0.05) is 17.1 Å². The molecule has 2 bridgehead atoms. The van der Waals surface area contributed by atoms with E-state index in [9.17, 15) is 5.11 Å². The van der Waals surface area contributed by atoms with Gasteiger partial charge in [-0.05, 0) is 117 Å². The average Bonchev–Trinajstić information content (AvgIpc) is 2.77. The van der Waals surface area contributed by atoms with Crippen LogP contribution in [0.4, 0.5) is 11.4 Å². The van der Waals surface area contributed by atoms with Crippen molar-refractivity contribution >= 4 is 11.4 Å². The second-order valence-corrected chi connectivity index (χ2v) is 11.0. The molecule has 0 unspecified atom stereocenters. The lowest BCUT2D eigenvalue weighted by Gasteiger charge is -2.65. The van der Waals surface area contributed by atoms with Gasteiger partial charge in [0.1, 0.15) is 5.75 Å². The molecule has 164 valence electrons. The van der Waals surface area contributed by atoms with Crippen LogP contribution in [0.15, 0.2) is 30.3 Å². The minimum Gasteiger partial charge on any atom is -0.506 e. The van der Waals surface area contributed by atoms with Gasteiger partial charge in [-0.2, -0.15) is 0 Å². The zero-order chi connectivity index (χ0) is 21.2. The second-order valence-electron chi connectivity index (χ2n) is 11.0. The number of piperidine rings is 1. The van der Waals surface area contributed by atoms with E-state index in [0.717, 1.165) is 17.8 Å². The number of anilines is 2. The lowest BCUT2D eigenvalue weighted by atomic mass is 9.45. The first-order valence-electron chi connectivity index (χ1n) is 12.5. The third-order valence-corrected chi connectivity index (χ3v) is 9.58. The first kappa shape index (κ1) is 19.7. The van der Waals surface area contributed by atoms with E-state index in [-0.39, 0.29) is 5.41 Å². The molecule has 31 heavy (non-hydrogen) atoms. The van der Waals surface area contributed by atoms with Crippen LogP contribution < -0.4 is 5.32 Å². The predicted octanol–water partition coefficient (Wildman–Crippen LogP) is 6.09. The van der Waals surface area contributed by atoms with E-state index >= 15 is 0 Å². The SMILES string of the molecule is CN1CC[C@@]23CCCC[C@]2(C)[C@@H]1Cc1cc(Nc2ccc4c(c2)CCCC4)c(O)cc13. The molecular formula is C28H36N2O. The molecule has 1 saturated heterocycles. The monoisotopic (exact) mass is 416 g/mol. The fraction of sp³-hybridized carbons (Fsp3) is 0.571. The summed E-state index contributed by atoms with van der Waals surface area (Å²) in [5.74, 6) is 0.413. The highest BCUT2D eigenvalue weighted by Gasteiger charge is 2.60. The summed E-state index contributed by atoms with van der Waals surface area (Å²) in [6.45, 7) is 3.72. The highest BCUT2D eigenvalue weighted by Crippen LogP contribution is 2.63. The molecule has 1 heterocycles. The van der Waals surface area contributed by atoms with Crippen LogP contribution in [0.5, 0.6) is 5.75 Å². The van der Waals surface area contributed by atoms with Crippen LogP contribution in [0.2, 0.25) is 0 Å². The largest absolute Gasteiger partial charge is 0.506 e. The maximum Gasteiger partial charge on any atom is 0.139 e. The van der Waals surface area contributed by atoms with Crippen molar-refractivity contribution in [3.05, 3.63) is 52.6 Å². The molecule has 1 aliphatic heterocycles. The number of aryl methyl sites for hydroxylation is 2. The number of hydrogen-bond acceptors (Lipinski definition) is 3. The van der Waals surface area contributed by atoms with Crippen LogP contribution >= 0.6 is 0 Å². The number of fused-ring (bicyclic) bond motifs is 2. The standard InChI is InChI=1S/C28H36N2O/c1-27-11-5-6-12-28(27)13-14-30(2)26(27)17-21-16-24(25(31)18-23(21)28)29-22-10-9-19-7-3-4-8-20(19)15-22/h9-10,15-16,18,26,29,31H,3-8,11-14,17H2,1-2H3/t26-,27+,28+/m0/s1. The van der Waals surface area contributed by atoms with Gasteiger partial charge in [-0.1, -0.05) is 25.8 Å². The molecule has 0 spiro atoms. The Kier molecular flexibility index (Phi) is 4.44. The van der Waals surface area contributed by atoms with Gasteiger partial charge in [0.15, 0.2) is 0 Å². The topological polar surface area (TPSA) is 35.5 Å². The molecule has 2 fully saturated rings. The molecule has 3 nitrogen and oxygen atoms in total. The summed E-state index contributed by atoms with van der Waals surface area (Å²) >= 11 is 0. The van der Waals surface area contributed by atoms with Crippen molar-refractivity contribution in [1.29, 1.82) is 0 Å². The number of nitrogens with one attached hydrogen (secondary N) is 1. The van der Waals surface area contributed by atoms with Crippen molar-refractivity contribution in [1.82, 2.24) is 4.90 Å². The van der Waals surface area contributed by atoms with Crippen LogP contribution in [0.25, 0.3) is 0 Å². The van der Waals surface area contributed by atoms with Crippen molar-refractivity contribution < 1.29 is 5.11 Å². The fourth-order valence-electron chi connectivity index (χ4n) is 7.83. The number of nitrogens with zero attached hydrogens (tertiary/aromatic N) is 1. The Bertz CT molecular complexity index is 1030. The van der Waals surface area contributed by atoms with E-state index in [2.05, 4.69) is 54.5 Å². The number of benzene rings is 2. The number of rotatable bonds is 2. The molecule has 6 rings (SSSR count). The lowest BCUT2D eigenvalue weighted by molar-refractivity contribution is -0.0735. The molecule has 3 aliphatic carbocycles. The van der Waals surface area contributed by atoms with E-state index in [1.165, 1.54) is 86.6 Å². The van der Waals surface area contributed by atoms with Gasteiger partial charge < -0.3 is 15.3 Å². The Hall–Kier alpha value is -2.00. The van der Waals surface area contributed by atoms with Crippen molar-refractivity contribution in [2.24, 2.45) is 5.41 Å². The van der Waals surface area contributed by atoms with Gasteiger partial charge in [-0.25, -0.2) is 0 Å². The highest BCUT2D eigenvalue weighted by atomic mass is 16.3. The first-order chi connectivity index (χ1) is 15.0. The van der Waals surface area contributed by atoms with Gasteiger partial charge in [0.25, 0.3) is 0 Å². The fourth-order valence-corrected chi connectivity index (χ4v) is 7.83. The average molecular weight is 417 g/mol. The first-order valence-corrected chi connectivity index (χ1v) is 12.5. The van der Waals surface area contributed by atoms with E-state index in [4.69, 9.17) is 0 Å². The molecule has 4 aliphatic rings. The van der Waals surface area contributed by atoms with Gasteiger partial charge in [-0.15, -0.1) is 0 Å². The lowest BCUT2D eigenvalue weighted by Crippen LogP contribution is -2.66. The molecule has 0 amide bonds. The summed E-state index contributed by atoms with van der Waals surface area (Å²) in [6.07, 6.45) is 12.6. The Balaban J connectivity index is 1.40. The normalized spacial score (nSPS) is 32.0. The molecule has 2 aromatic carbocycles. The third kappa shape index (κ3) is 2.81. The molecule has 2 aromatic rings. The maximum atomic E-state index is 11.1. The summed E-state index contributed by atoms with van der Waals surface area (Å²) in [5.41, 5.74) is 8.40. The summed E-state index contributed by atoms with van der Waals surface area (Å²) in [7, 11) is 2.33. The number of hydrogen-bond donors (Lipinski definition) is 2. The number of likely N-dealkylation sites (N-methyl/N-ethyl adjacent to an activating group) is 1. The van der Waals surface area contributed by atoms with E-state index < -0.39 is 0 Å². The number of phenols is 1. The number of aromatic hydroxyl groups is 1. The number of phenolic OH excluding ortho intramolecular Hbond substituents is 1. The molecule has 0 aromatic heterocycles. The summed E-state index contributed by atoms with van der Waals surface area (Å²) < 4.78 is 0. The quantitative estimate of drug-likeness (QED) is 0.581. The van der Waals surface area contributed by atoms with Crippen LogP contribution in [0.1, 0.15) is 74.1 Å². The van der Waals surface area contributed by atoms with Crippen molar-refractivity contribution in [3.63, 3.8) is 0 Å². The predicted molar refractivity (Wildman–Crippen MR) is 127 cm³/mol. The summed E-state index contributed by atoms with van der Waals surface area (Å²) in [5, 5.41) is 14.7. The molecule has 1 saturated carbocycles. The Morgan fingerprint density at radius 2 is 1.74 bits per heavy atom. The van der Waals surface area contributed by atoms with Gasteiger partial charge in [-0.3, -0.25) is 0 Å². The molecule has 3 atom stereocenters. The Morgan fingerprint density at radius 1 is 0.935 bits per heavy atom. The van der Waals surface area contributed by atoms with Gasteiger partial charge >= 0.3 is 0 Å². The van der Waals surface area contributed by atoms with Crippen molar-refractivity contribution in [2.45, 2.75) is 82.6 Å². The van der Waals surface area contributed by atoms with Crippen LogP contribution in [-0.4, -0.2) is 29.6 Å². The highest BCUT2D eigenvalue weighted by molar-refractivity contribution is 5.70. The van der Waals surface area contributed by atoms with Gasteiger partial charge in [0.05, 0.1) is 5.69 Å². The Labute approximate surface area is 186 Å². The van der Waals surface area contributed by atoms with Crippen molar-refractivity contribution in [3.8, 4) is 5.75 Å². The van der Waals surface area contributed by atoms with Crippen LogP contribution in [0, 0.1) is 5.41 Å². The van der Waals surface area contributed by atoms with Crippen LogP contribution in [-0.2, 0) is 24.7 Å². The van der Waals surface area contributed by atoms with Crippen molar-refractivity contribution in [2.75, 3.05) is 18.9 Å². The second kappa shape index (κ2) is 7.00. The van der Waals surface area contributed by atoms with Crippen LogP contribution in [0.3, 0.4) is 0 Å². The zero-order valence-corrected chi connectivity index (χ0v) is 19.1. The third-order valence-electron chi connectivity index (χ3n) is 9.58.